The number of hydrogen-bond donors (Lipinski definition) is 1. The van der Waals surface area contributed by atoms with E-state index in [9.17, 15) is 0 Å². The predicted molar refractivity (Wildman–Crippen MR) is 81.1 cm³/mol. The second-order valence-corrected chi connectivity index (χ2v) is 5.72. The Balaban J connectivity index is 2.22. The summed E-state index contributed by atoms with van der Waals surface area (Å²) in [6.07, 6.45) is 3.17. The van der Waals surface area contributed by atoms with Crippen LogP contribution in [0.2, 0.25) is 0 Å². The van der Waals surface area contributed by atoms with E-state index in [1.165, 1.54) is 0 Å². The van der Waals surface area contributed by atoms with Gasteiger partial charge >= 0.3 is 0 Å². The lowest BCUT2D eigenvalue weighted by atomic mass is 9.99. The van der Waals surface area contributed by atoms with E-state index < -0.39 is 0 Å². The highest BCUT2D eigenvalue weighted by Gasteiger charge is 2.20. The van der Waals surface area contributed by atoms with E-state index in [0.29, 0.717) is 5.92 Å². The van der Waals surface area contributed by atoms with E-state index in [1.54, 1.807) is 0 Å². The molecule has 18 heavy (non-hydrogen) atoms. The van der Waals surface area contributed by atoms with Crippen molar-refractivity contribution in [1.82, 2.24) is 9.97 Å². The minimum atomic E-state index is 0.455. The van der Waals surface area contributed by atoms with Crippen LogP contribution in [0, 0.1) is 10.5 Å². The number of aryl methyl sites for hydroxylation is 1. The van der Waals surface area contributed by atoms with Crippen molar-refractivity contribution in [2.24, 2.45) is 0 Å². The summed E-state index contributed by atoms with van der Waals surface area (Å²) in [5.74, 6) is 2.43. The SMILES string of the molecule is CCCNc1nc(C2CCOCC2)nc(C)c1I. The molecule has 1 N–H and O–H groups in total. The summed E-state index contributed by atoms with van der Waals surface area (Å²) in [5.41, 5.74) is 1.07. The van der Waals surface area contributed by atoms with Crippen molar-refractivity contribution in [1.29, 1.82) is 0 Å². The average Bonchev–Trinajstić information content (AvgIpc) is 2.41. The lowest BCUT2D eigenvalue weighted by molar-refractivity contribution is 0.0835. The van der Waals surface area contributed by atoms with Crippen LogP contribution in [-0.4, -0.2) is 29.7 Å². The lowest BCUT2D eigenvalue weighted by Gasteiger charge is -2.22. The van der Waals surface area contributed by atoms with Crippen LogP contribution in [-0.2, 0) is 4.74 Å². The summed E-state index contributed by atoms with van der Waals surface area (Å²) in [5, 5.41) is 3.39. The molecule has 1 aromatic heterocycles. The maximum Gasteiger partial charge on any atom is 0.143 e. The van der Waals surface area contributed by atoms with Crippen molar-refractivity contribution in [3.63, 3.8) is 0 Å². The molecular formula is C13H20IN3O. The fourth-order valence-corrected chi connectivity index (χ4v) is 2.51. The molecule has 0 spiro atoms. The first-order valence-corrected chi connectivity index (χ1v) is 7.66. The molecule has 0 unspecified atom stereocenters. The molecule has 1 fully saturated rings. The number of anilines is 1. The van der Waals surface area contributed by atoms with Gasteiger partial charge in [-0.1, -0.05) is 6.92 Å². The Kier molecular flexibility index (Phi) is 5.17. The van der Waals surface area contributed by atoms with Crippen LogP contribution < -0.4 is 5.32 Å². The minimum Gasteiger partial charge on any atom is -0.381 e. The van der Waals surface area contributed by atoms with Gasteiger partial charge in [-0.2, -0.15) is 0 Å². The van der Waals surface area contributed by atoms with Crippen LogP contribution in [0.1, 0.15) is 43.6 Å². The molecule has 4 nitrogen and oxygen atoms in total. The molecule has 2 heterocycles. The van der Waals surface area contributed by atoms with E-state index in [4.69, 9.17) is 9.72 Å². The van der Waals surface area contributed by atoms with Crippen molar-refractivity contribution in [3.05, 3.63) is 15.1 Å². The fourth-order valence-electron chi connectivity index (χ4n) is 2.08. The van der Waals surface area contributed by atoms with Crippen LogP contribution >= 0.6 is 22.6 Å². The molecule has 5 heteroatoms. The summed E-state index contributed by atoms with van der Waals surface area (Å²) >= 11 is 2.32. The first-order valence-electron chi connectivity index (χ1n) is 6.58. The summed E-state index contributed by atoms with van der Waals surface area (Å²) in [4.78, 5) is 9.36. The van der Waals surface area contributed by atoms with Gasteiger partial charge < -0.3 is 10.1 Å². The number of nitrogens with one attached hydrogen (secondary N) is 1. The minimum absolute atomic E-state index is 0.455. The Morgan fingerprint density at radius 1 is 1.33 bits per heavy atom. The average molecular weight is 361 g/mol. The fraction of sp³-hybridized carbons (Fsp3) is 0.692. The maximum atomic E-state index is 5.40. The Morgan fingerprint density at radius 3 is 2.72 bits per heavy atom. The Labute approximate surface area is 122 Å². The largest absolute Gasteiger partial charge is 0.381 e. The van der Waals surface area contributed by atoms with Crippen molar-refractivity contribution >= 4 is 28.4 Å². The van der Waals surface area contributed by atoms with E-state index in [0.717, 1.165) is 59.9 Å². The molecule has 1 aliphatic heterocycles. The molecule has 1 aromatic rings. The van der Waals surface area contributed by atoms with Crippen LogP contribution in [0.15, 0.2) is 0 Å². The first-order chi connectivity index (χ1) is 8.72. The Bertz CT molecular complexity index is 405. The van der Waals surface area contributed by atoms with Crippen molar-refractivity contribution in [3.8, 4) is 0 Å². The third kappa shape index (κ3) is 3.32. The van der Waals surface area contributed by atoms with Gasteiger partial charge in [-0.15, -0.1) is 0 Å². The summed E-state index contributed by atoms with van der Waals surface area (Å²) in [6.45, 7) is 6.84. The van der Waals surface area contributed by atoms with Crippen molar-refractivity contribution in [2.45, 2.75) is 39.0 Å². The van der Waals surface area contributed by atoms with Gasteiger partial charge in [0.25, 0.3) is 0 Å². The van der Waals surface area contributed by atoms with E-state index in [2.05, 4.69) is 46.7 Å². The highest BCUT2D eigenvalue weighted by molar-refractivity contribution is 14.1. The molecule has 0 radical (unpaired) electrons. The van der Waals surface area contributed by atoms with Crippen molar-refractivity contribution < 1.29 is 4.74 Å². The zero-order chi connectivity index (χ0) is 13.0. The quantitative estimate of drug-likeness (QED) is 0.838. The third-order valence-electron chi connectivity index (χ3n) is 3.16. The van der Waals surface area contributed by atoms with Gasteiger partial charge in [0.1, 0.15) is 11.6 Å². The molecular weight excluding hydrogens is 341 g/mol. The summed E-state index contributed by atoms with van der Waals surface area (Å²) in [7, 11) is 0. The first kappa shape index (κ1) is 14.0. The molecule has 0 atom stereocenters. The Morgan fingerprint density at radius 2 is 2.06 bits per heavy atom. The van der Waals surface area contributed by atoms with E-state index >= 15 is 0 Å². The zero-order valence-electron chi connectivity index (χ0n) is 11.0. The van der Waals surface area contributed by atoms with Gasteiger partial charge in [0.15, 0.2) is 0 Å². The highest BCUT2D eigenvalue weighted by atomic mass is 127. The molecule has 2 rings (SSSR count). The number of rotatable bonds is 4. The topological polar surface area (TPSA) is 47.0 Å². The number of hydrogen-bond acceptors (Lipinski definition) is 4. The maximum absolute atomic E-state index is 5.40. The molecule has 0 aromatic carbocycles. The number of halogens is 1. The van der Waals surface area contributed by atoms with Crippen LogP contribution in [0.4, 0.5) is 5.82 Å². The lowest BCUT2D eigenvalue weighted by Crippen LogP contribution is -2.18. The van der Waals surface area contributed by atoms with Gasteiger partial charge in [-0.25, -0.2) is 9.97 Å². The van der Waals surface area contributed by atoms with Gasteiger partial charge in [0.05, 0.1) is 9.26 Å². The van der Waals surface area contributed by atoms with Crippen LogP contribution in [0.25, 0.3) is 0 Å². The molecule has 0 bridgehead atoms. The van der Waals surface area contributed by atoms with Crippen LogP contribution in [0.5, 0.6) is 0 Å². The third-order valence-corrected chi connectivity index (χ3v) is 4.45. The number of ether oxygens (including phenoxy) is 1. The van der Waals surface area contributed by atoms with Gasteiger partial charge in [-0.05, 0) is 48.8 Å². The standard InChI is InChI=1S/C13H20IN3O/c1-3-6-15-13-11(14)9(2)16-12(17-13)10-4-7-18-8-5-10/h10H,3-8H2,1-2H3,(H,15,16,17). The van der Waals surface area contributed by atoms with E-state index in [1.807, 2.05) is 0 Å². The van der Waals surface area contributed by atoms with Gasteiger partial charge in [0, 0.05) is 25.7 Å². The molecule has 1 aliphatic rings. The monoisotopic (exact) mass is 361 g/mol. The molecule has 1 saturated heterocycles. The molecule has 0 saturated carbocycles. The smallest absolute Gasteiger partial charge is 0.143 e. The second-order valence-electron chi connectivity index (χ2n) is 4.64. The van der Waals surface area contributed by atoms with Gasteiger partial charge in [-0.3, -0.25) is 0 Å². The zero-order valence-corrected chi connectivity index (χ0v) is 13.2. The predicted octanol–water partition coefficient (Wildman–Crippen LogP) is 3.11. The molecule has 0 aliphatic carbocycles. The summed E-state index contributed by atoms with van der Waals surface area (Å²) < 4.78 is 6.53. The Hall–Kier alpha value is -0.430. The van der Waals surface area contributed by atoms with Crippen LogP contribution in [0.3, 0.4) is 0 Å². The van der Waals surface area contributed by atoms with E-state index in [-0.39, 0.29) is 0 Å². The summed E-state index contributed by atoms with van der Waals surface area (Å²) in [6, 6.07) is 0. The van der Waals surface area contributed by atoms with Crippen molar-refractivity contribution in [2.75, 3.05) is 25.1 Å². The van der Waals surface area contributed by atoms with Gasteiger partial charge in [0.2, 0.25) is 0 Å². The second kappa shape index (κ2) is 6.65. The molecule has 0 amide bonds. The normalized spacial score (nSPS) is 16.8. The number of nitrogens with zero attached hydrogens (tertiary/aromatic N) is 2. The molecule has 100 valence electrons. The highest BCUT2D eigenvalue weighted by Crippen LogP contribution is 2.27. The number of aromatic nitrogens is 2.